The molecule has 14 heavy (non-hydrogen) atoms. The van der Waals surface area contributed by atoms with Crippen LogP contribution in [0.15, 0.2) is 12.3 Å². The van der Waals surface area contributed by atoms with Gasteiger partial charge in [-0.2, -0.15) is 0 Å². The van der Waals surface area contributed by atoms with Gasteiger partial charge in [0.1, 0.15) is 6.10 Å². The molecule has 2 heteroatoms. The summed E-state index contributed by atoms with van der Waals surface area (Å²) in [6, 6.07) is 0. The highest BCUT2D eigenvalue weighted by Gasteiger charge is 2.44. The van der Waals surface area contributed by atoms with Gasteiger partial charge in [-0.3, -0.25) is 0 Å². The molecule has 2 rings (SSSR count). The van der Waals surface area contributed by atoms with E-state index >= 15 is 0 Å². The number of ether oxygens (including phenoxy) is 1. The molecule has 0 saturated heterocycles. The first-order chi connectivity index (χ1) is 6.68. The first kappa shape index (κ1) is 10.0. The van der Waals surface area contributed by atoms with Crippen LogP contribution in [0.2, 0.25) is 0 Å². The van der Waals surface area contributed by atoms with Gasteiger partial charge in [-0.05, 0) is 43.2 Å². The van der Waals surface area contributed by atoms with Gasteiger partial charge < -0.3 is 10.1 Å². The fourth-order valence-corrected chi connectivity index (χ4v) is 2.08. The maximum absolute atomic E-state index is 5.49. The summed E-state index contributed by atoms with van der Waals surface area (Å²) in [7, 11) is 0. The van der Waals surface area contributed by atoms with Crippen LogP contribution in [-0.4, -0.2) is 19.2 Å². The molecular formula is C12H21NO. The van der Waals surface area contributed by atoms with Crippen LogP contribution in [0, 0.1) is 11.3 Å². The largest absolute Gasteiger partial charge is 0.497 e. The van der Waals surface area contributed by atoms with Gasteiger partial charge in [0.2, 0.25) is 0 Å². The molecule has 2 unspecified atom stereocenters. The maximum atomic E-state index is 5.49. The van der Waals surface area contributed by atoms with Crippen LogP contribution in [0.4, 0.5) is 0 Å². The van der Waals surface area contributed by atoms with E-state index in [1.54, 1.807) is 0 Å². The van der Waals surface area contributed by atoms with E-state index < -0.39 is 0 Å². The van der Waals surface area contributed by atoms with Crippen LogP contribution >= 0.6 is 0 Å². The molecule has 0 aromatic heterocycles. The predicted molar refractivity (Wildman–Crippen MR) is 58.0 cm³/mol. The fraction of sp³-hybridized carbons (Fsp3) is 0.833. The minimum atomic E-state index is 0.405. The molecule has 1 aliphatic carbocycles. The average Bonchev–Trinajstić information content (AvgIpc) is 2.76. The molecule has 0 radical (unpaired) electrons. The Hall–Kier alpha value is -0.500. The van der Waals surface area contributed by atoms with E-state index in [-0.39, 0.29) is 0 Å². The van der Waals surface area contributed by atoms with E-state index in [4.69, 9.17) is 4.74 Å². The third-order valence-corrected chi connectivity index (χ3v) is 3.50. The van der Waals surface area contributed by atoms with Crippen molar-refractivity contribution in [1.82, 2.24) is 5.32 Å². The van der Waals surface area contributed by atoms with Crippen LogP contribution in [0.1, 0.15) is 33.1 Å². The molecule has 0 amide bonds. The van der Waals surface area contributed by atoms with Crippen LogP contribution in [0.3, 0.4) is 0 Å². The second-order valence-corrected chi connectivity index (χ2v) is 5.26. The third-order valence-electron chi connectivity index (χ3n) is 3.50. The van der Waals surface area contributed by atoms with Crippen molar-refractivity contribution in [3.63, 3.8) is 0 Å². The monoisotopic (exact) mass is 195 g/mol. The van der Waals surface area contributed by atoms with E-state index in [0.29, 0.717) is 11.5 Å². The van der Waals surface area contributed by atoms with Crippen molar-refractivity contribution in [3.8, 4) is 0 Å². The Morgan fingerprint density at radius 2 is 2.21 bits per heavy atom. The minimum absolute atomic E-state index is 0.405. The number of nitrogens with one attached hydrogen (secondary N) is 1. The van der Waals surface area contributed by atoms with Crippen molar-refractivity contribution in [2.45, 2.75) is 39.2 Å². The maximum Gasteiger partial charge on any atom is 0.110 e. The van der Waals surface area contributed by atoms with Crippen molar-refractivity contribution < 1.29 is 4.74 Å². The Morgan fingerprint density at radius 1 is 1.43 bits per heavy atom. The molecule has 2 atom stereocenters. The van der Waals surface area contributed by atoms with Gasteiger partial charge >= 0.3 is 0 Å². The molecule has 0 spiro atoms. The zero-order valence-electron chi connectivity index (χ0n) is 9.25. The van der Waals surface area contributed by atoms with Gasteiger partial charge in [0.25, 0.3) is 0 Å². The normalized spacial score (nSPS) is 33.9. The van der Waals surface area contributed by atoms with Crippen LogP contribution < -0.4 is 5.32 Å². The molecule has 2 aliphatic rings. The lowest BCUT2D eigenvalue weighted by Crippen LogP contribution is -2.30. The van der Waals surface area contributed by atoms with E-state index in [1.807, 2.05) is 6.26 Å². The third kappa shape index (κ3) is 2.50. The van der Waals surface area contributed by atoms with Crippen LogP contribution in [-0.2, 0) is 4.74 Å². The van der Waals surface area contributed by atoms with Crippen LogP contribution in [0.25, 0.3) is 0 Å². The Balaban J connectivity index is 1.57. The Bertz CT molecular complexity index is 222. The summed E-state index contributed by atoms with van der Waals surface area (Å²) in [6.45, 7) is 6.87. The highest BCUT2D eigenvalue weighted by Crippen LogP contribution is 2.50. The first-order valence-electron chi connectivity index (χ1n) is 5.70. The van der Waals surface area contributed by atoms with E-state index in [2.05, 4.69) is 25.2 Å². The summed E-state index contributed by atoms with van der Waals surface area (Å²) in [4.78, 5) is 0. The fourth-order valence-electron chi connectivity index (χ4n) is 2.08. The second-order valence-electron chi connectivity index (χ2n) is 5.26. The van der Waals surface area contributed by atoms with Crippen molar-refractivity contribution in [1.29, 1.82) is 0 Å². The molecule has 0 bridgehead atoms. The SMILES string of the molecule is CC1(C)CC1CNCC1CCC=CO1. The van der Waals surface area contributed by atoms with Gasteiger partial charge in [-0.15, -0.1) is 0 Å². The summed E-state index contributed by atoms with van der Waals surface area (Å²) >= 11 is 0. The number of hydrogen-bond donors (Lipinski definition) is 1. The summed E-state index contributed by atoms with van der Waals surface area (Å²) in [5.41, 5.74) is 0.598. The lowest BCUT2D eigenvalue weighted by molar-refractivity contribution is 0.122. The van der Waals surface area contributed by atoms with Crippen molar-refractivity contribution >= 4 is 0 Å². The smallest absolute Gasteiger partial charge is 0.110 e. The molecule has 80 valence electrons. The topological polar surface area (TPSA) is 21.3 Å². The van der Waals surface area contributed by atoms with E-state index in [0.717, 1.165) is 25.4 Å². The quantitative estimate of drug-likeness (QED) is 0.743. The molecule has 2 nitrogen and oxygen atoms in total. The average molecular weight is 195 g/mol. The van der Waals surface area contributed by atoms with Gasteiger partial charge in [0.15, 0.2) is 0 Å². The van der Waals surface area contributed by atoms with Crippen molar-refractivity contribution in [2.75, 3.05) is 13.1 Å². The zero-order chi connectivity index (χ0) is 10.0. The van der Waals surface area contributed by atoms with Gasteiger partial charge in [-0.1, -0.05) is 13.8 Å². The Morgan fingerprint density at radius 3 is 2.79 bits per heavy atom. The minimum Gasteiger partial charge on any atom is -0.497 e. The van der Waals surface area contributed by atoms with E-state index in [1.165, 1.54) is 12.8 Å². The highest BCUT2D eigenvalue weighted by atomic mass is 16.5. The van der Waals surface area contributed by atoms with E-state index in [9.17, 15) is 0 Å². The zero-order valence-corrected chi connectivity index (χ0v) is 9.25. The number of rotatable bonds is 4. The summed E-state index contributed by atoms with van der Waals surface area (Å²) < 4.78 is 5.49. The summed E-state index contributed by atoms with van der Waals surface area (Å²) in [5, 5.41) is 3.51. The number of allylic oxidation sites excluding steroid dienone is 1. The van der Waals surface area contributed by atoms with Crippen LogP contribution in [0.5, 0.6) is 0 Å². The van der Waals surface area contributed by atoms with Gasteiger partial charge in [0, 0.05) is 6.54 Å². The summed E-state index contributed by atoms with van der Waals surface area (Å²) in [6.07, 6.45) is 8.06. The number of hydrogen-bond acceptors (Lipinski definition) is 2. The molecule has 1 heterocycles. The predicted octanol–water partition coefficient (Wildman–Crippen LogP) is 2.31. The van der Waals surface area contributed by atoms with Crippen molar-refractivity contribution in [2.24, 2.45) is 11.3 Å². The molecule has 0 aromatic carbocycles. The molecule has 1 saturated carbocycles. The molecular weight excluding hydrogens is 174 g/mol. The Kier molecular flexibility index (Phi) is 2.82. The molecule has 1 fully saturated rings. The second kappa shape index (κ2) is 3.93. The molecule has 1 aliphatic heterocycles. The molecule has 1 N–H and O–H groups in total. The lowest BCUT2D eigenvalue weighted by atomic mass is 10.1. The highest BCUT2D eigenvalue weighted by molar-refractivity contribution is 4.96. The molecule has 0 aromatic rings. The first-order valence-corrected chi connectivity index (χ1v) is 5.70. The van der Waals surface area contributed by atoms with Crippen molar-refractivity contribution in [3.05, 3.63) is 12.3 Å². The standard InChI is InChI=1S/C12H21NO/c1-12(2)7-10(12)8-13-9-11-5-3-4-6-14-11/h4,6,10-11,13H,3,5,7-9H2,1-2H3. The lowest BCUT2D eigenvalue weighted by Gasteiger charge is -2.19. The summed E-state index contributed by atoms with van der Waals surface area (Å²) in [5.74, 6) is 0.890. The van der Waals surface area contributed by atoms with Gasteiger partial charge in [-0.25, -0.2) is 0 Å². The Labute approximate surface area is 86.7 Å². The van der Waals surface area contributed by atoms with Gasteiger partial charge in [0.05, 0.1) is 6.26 Å².